The molecule has 0 radical (unpaired) electrons. The zero-order valence-electron chi connectivity index (χ0n) is 19.7. The SMILES string of the molecule is CC(C)OCCCN1C(=O)c2cc3occc3n2C[C@@]1(C)C(=O)NC1CCCCCCC1. The summed E-state index contributed by atoms with van der Waals surface area (Å²) in [6.45, 7) is 7.36. The van der Waals surface area contributed by atoms with Gasteiger partial charge in [0.05, 0.1) is 24.4 Å². The molecule has 1 fully saturated rings. The van der Waals surface area contributed by atoms with E-state index in [-0.39, 0.29) is 24.0 Å². The monoisotopic (exact) mass is 443 g/mol. The molecule has 2 aliphatic rings. The lowest BCUT2D eigenvalue weighted by molar-refractivity contribution is -0.133. The van der Waals surface area contributed by atoms with Crippen LogP contribution in [-0.4, -0.2) is 52.1 Å². The van der Waals surface area contributed by atoms with Crippen LogP contribution in [0, 0.1) is 0 Å². The van der Waals surface area contributed by atoms with E-state index < -0.39 is 5.54 Å². The predicted molar refractivity (Wildman–Crippen MR) is 124 cm³/mol. The van der Waals surface area contributed by atoms with Gasteiger partial charge in [0.2, 0.25) is 5.91 Å². The predicted octanol–water partition coefficient (Wildman–Crippen LogP) is 4.49. The molecular formula is C25H37N3O4. The summed E-state index contributed by atoms with van der Waals surface area (Å²) in [5, 5.41) is 3.32. The van der Waals surface area contributed by atoms with E-state index in [0.29, 0.717) is 37.4 Å². The lowest BCUT2D eigenvalue weighted by atomic mass is 9.92. The van der Waals surface area contributed by atoms with Gasteiger partial charge in [-0.3, -0.25) is 9.59 Å². The second-order valence-electron chi connectivity index (χ2n) is 9.81. The maximum atomic E-state index is 13.7. The van der Waals surface area contributed by atoms with Gasteiger partial charge in [-0.25, -0.2) is 0 Å². The van der Waals surface area contributed by atoms with Crippen LogP contribution < -0.4 is 5.32 Å². The summed E-state index contributed by atoms with van der Waals surface area (Å²) in [4.78, 5) is 29.0. The molecule has 2 aromatic heterocycles. The number of carbonyl (C=O) groups excluding carboxylic acids is 2. The molecule has 4 rings (SSSR count). The van der Waals surface area contributed by atoms with Crippen molar-refractivity contribution in [3.63, 3.8) is 0 Å². The number of hydrogen-bond donors (Lipinski definition) is 1. The summed E-state index contributed by atoms with van der Waals surface area (Å²) in [5.41, 5.74) is 1.16. The first-order valence-corrected chi connectivity index (χ1v) is 12.2. The molecule has 176 valence electrons. The Morgan fingerprint density at radius 2 is 1.97 bits per heavy atom. The number of hydrogen-bond acceptors (Lipinski definition) is 4. The van der Waals surface area contributed by atoms with Crippen molar-refractivity contribution in [1.82, 2.24) is 14.8 Å². The van der Waals surface area contributed by atoms with Crippen molar-refractivity contribution in [2.75, 3.05) is 13.2 Å². The van der Waals surface area contributed by atoms with Crippen LogP contribution in [-0.2, 0) is 16.1 Å². The van der Waals surface area contributed by atoms with Crippen LogP contribution >= 0.6 is 0 Å². The molecular weight excluding hydrogens is 406 g/mol. The zero-order valence-corrected chi connectivity index (χ0v) is 19.7. The van der Waals surface area contributed by atoms with Crippen molar-refractivity contribution in [1.29, 1.82) is 0 Å². The molecule has 0 aromatic carbocycles. The van der Waals surface area contributed by atoms with E-state index in [2.05, 4.69) is 5.32 Å². The molecule has 7 heteroatoms. The van der Waals surface area contributed by atoms with Crippen LogP contribution in [0.2, 0.25) is 0 Å². The van der Waals surface area contributed by atoms with Gasteiger partial charge in [-0.15, -0.1) is 0 Å². The summed E-state index contributed by atoms with van der Waals surface area (Å²) >= 11 is 0. The van der Waals surface area contributed by atoms with Crippen LogP contribution in [0.15, 0.2) is 22.8 Å². The Balaban J connectivity index is 1.58. The van der Waals surface area contributed by atoms with E-state index in [0.717, 1.165) is 31.2 Å². The first-order chi connectivity index (χ1) is 15.4. The topological polar surface area (TPSA) is 76.7 Å². The molecule has 3 heterocycles. The van der Waals surface area contributed by atoms with Crippen molar-refractivity contribution >= 4 is 22.9 Å². The maximum Gasteiger partial charge on any atom is 0.271 e. The molecule has 32 heavy (non-hydrogen) atoms. The van der Waals surface area contributed by atoms with Crippen LogP contribution in [0.5, 0.6) is 0 Å². The molecule has 1 aliphatic carbocycles. The van der Waals surface area contributed by atoms with Crippen molar-refractivity contribution in [2.24, 2.45) is 0 Å². The average Bonchev–Trinajstić information content (AvgIpc) is 3.31. The molecule has 1 saturated carbocycles. The minimum atomic E-state index is -0.965. The highest BCUT2D eigenvalue weighted by molar-refractivity contribution is 6.02. The summed E-state index contributed by atoms with van der Waals surface area (Å²) in [6, 6.07) is 3.84. The van der Waals surface area contributed by atoms with Gasteiger partial charge in [0.25, 0.3) is 5.91 Å². The number of ether oxygens (including phenoxy) is 1. The lowest BCUT2D eigenvalue weighted by Gasteiger charge is -2.44. The third-order valence-corrected chi connectivity index (χ3v) is 6.96. The Kier molecular flexibility index (Phi) is 6.93. The fourth-order valence-electron chi connectivity index (χ4n) is 5.11. The van der Waals surface area contributed by atoms with E-state index in [1.54, 1.807) is 17.2 Å². The van der Waals surface area contributed by atoms with Crippen LogP contribution in [0.4, 0.5) is 0 Å². The Hall–Kier alpha value is -2.28. The number of nitrogens with zero attached hydrogens (tertiary/aromatic N) is 2. The van der Waals surface area contributed by atoms with Gasteiger partial charge in [0.15, 0.2) is 5.58 Å². The molecule has 0 spiro atoms. The Bertz CT molecular complexity index is 938. The Morgan fingerprint density at radius 3 is 2.69 bits per heavy atom. The summed E-state index contributed by atoms with van der Waals surface area (Å²) in [7, 11) is 0. The van der Waals surface area contributed by atoms with Gasteiger partial charge in [-0.2, -0.15) is 0 Å². The number of aromatic nitrogens is 1. The van der Waals surface area contributed by atoms with Crippen molar-refractivity contribution in [2.45, 2.75) is 96.4 Å². The van der Waals surface area contributed by atoms with E-state index in [1.165, 1.54) is 19.3 Å². The van der Waals surface area contributed by atoms with Crippen LogP contribution in [0.1, 0.15) is 82.6 Å². The minimum absolute atomic E-state index is 0.0582. The third kappa shape index (κ3) is 4.58. The molecule has 0 bridgehead atoms. The van der Waals surface area contributed by atoms with Crippen LogP contribution in [0.25, 0.3) is 11.1 Å². The largest absolute Gasteiger partial charge is 0.463 e. The Labute approximate surface area is 190 Å². The summed E-state index contributed by atoms with van der Waals surface area (Å²) in [5.74, 6) is -0.181. The van der Waals surface area contributed by atoms with E-state index in [1.807, 2.05) is 31.4 Å². The maximum absolute atomic E-state index is 13.7. The standard InChI is InChI=1S/C25H37N3O4/c1-18(2)31-14-9-13-28-23(29)21-16-22-20(12-15-32-22)27(21)17-25(28,3)24(30)26-19-10-7-5-4-6-8-11-19/h12,15-16,18-19H,4-11,13-14,17H2,1-3H3,(H,26,30)/t25-/m0/s1. The summed E-state index contributed by atoms with van der Waals surface area (Å²) in [6.07, 6.45) is 10.5. The third-order valence-electron chi connectivity index (χ3n) is 6.96. The van der Waals surface area contributed by atoms with E-state index in [9.17, 15) is 9.59 Å². The fraction of sp³-hybridized carbons (Fsp3) is 0.680. The number of furan rings is 1. The molecule has 1 N–H and O–H groups in total. The number of amides is 2. The van der Waals surface area contributed by atoms with Crippen LogP contribution in [0.3, 0.4) is 0 Å². The lowest BCUT2D eigenvalue weighted by Crippen LogP contribution is -2.65. The second-order valence-corrected chi connectivity index (χ2v) is 9.81. The van der Waals surface area contributed by atoms with Gasteiger partial charge in [0, 0.05) is 31.3 Å². The molecule has 0 unspecified atom stereocenters. The van der Waals surface area contributed by atoms with Gasteiger partial charge in [0.1, 0.15) is 11.2 Å². The second kappa shape index (κ2) is 9.69. The van der Waals surface area contributed by atoms with Gasteiger partial charge in [-0.1, -0.05) is 32.1 Å². The fourth-order valence-corrected chi connectivity index (χ4v) is 5.11. The van der Waals surface area contributed by atoms with Crippen molar-refractivity contribution in [3.8, 4) is 0 Å². The number of rotatable bonds is 7. The highest BCUT2D eigenvalue weighted by atomic mass is 16.5. The molecule has 1 aliphatic heterocycles. The Morgan fingerprint density at radius 1 is 1.25 bits per heavy atom. The van der Waals surface area contributed by atoms with E-state index >= 15 is 0 Å². The number of nitrogens with one attached hydrogen (secondary N) is 1. The van der Waals surface area contributed by atoms with Crippen molar-refractivity contribution < 1.29 is 18.7 Å². The number of fused-ring (bicyclic) bond motifs is 3. The quantitative estimate of drug-likeness (QED) is 0.640. The molecule has 2 aromatic rings. The van der Waals surface area contributed by atoms with Gasteiger partial charge < -0.3 is 23.9 Å². The normalized spacial score (nSPS) is 22.8. The van der Waals surface area contributed by atoms with Crippen molar-refractivity contribution in [3.05, 3.63) is 24.1 Å². The molecule has 0 saturated heterocycles. The van der Waals surface area contributed by atoms with Gasteiger partial charge >= 0.3 is 0 Å². The number of carbonyl (C=O) groups is 2. The van der Waals surface area contributed by atoms with Gasteiger partial charge in [-0.05, 0) is 40.0 Å². The molecule has 2 amide bonds. The highest BCUT2D eigenvalue weighted by Crippen LogP contribution is 2.33. The molecule has 7 nitrogen and oxygen atoms in total. The zero-order chi connectivity index (χ0) is 22.7. The average molecular weight is 444 g/mol. The molecule has 1 atom stereocenters. The minimum Gasteiger partial charge on any atom is -0.463 e. The smallest absolute Gasteiger partial charge is 0.271 e. The highest BCUT2D eigenvalue weighted by Gasteiger charge is 2.48. The first-order valence-electron chi connectivity index (χ1n) is 12.2. The van der Waals surface area contributed by atoms with E-state index in [4.69, 9.17) is 9.15 Å². The first kappa shape index (κ1) is 22.9. The summed E-state index contributed by atoms with van der Waals surface area (Å²) < 4.78 is 13.2.